The molecule has 0 atom stereocenters. The van der Waals surface area contributed by atoms with Crippen molar-refractivity contribution in [3.8, 4) is 5.75 Å². The molecule has 2 rings (SSSR count). The maximum atomic E-state index is 13.0. The fourth-order valence-electron chi connectivity index (χ4n) is 2.38. The van der Waals surface area contributed by atoms with E-state index in [1.165, 1.54) is 12.1 Å². The lowest BCUT2D eigenvalue weighted by atomic mass is 9.87. The molecule has 17 heavy (non-hydrogen) atoms. The number of rotatable bonds is 4. The van der Waals surface area contributed by atoms with Gasteiger partial charge in [-0.05, 0) is 12.8 Å². The summed E-state index contributed by atoms with van der Waals surface area (Å²) in [6.07, 6.45) is 4.36. The van der Waals surface area contributed by atoms with Gasteiger partial charge in [0, 0.05) is 30.2 Å². The van der Waals surface area contributed by atoms with Crippen molar-refractivity contribution >= 4 is 0 Å². The van der Waals surface area contributed by atoms with Crippen LogP contribution in [0.1, 0.15) is 25.7 Å². The van der Waals surface area contributed by atoms with Crippen molar-refractivity contribution < 1.29 is 13.5 Å². The van der Waals surface area contributed by atoms with Gasteiger partial charge in [0.25, 0.3) is 0 Å². The van der Waals surface area contributed by atoms with Crippen LogP contribution in [-0.2, 0) is 0 Å². The lowest BCUT2D eigenvalue weighted by Crippen LogP contribution is -2.33. The summed E-state index contributed by atoms with van der Waals surface area (Å²) >= 11 is 0. The number of nitrogens with two attached hydrogens (primary N) is 1. The van der Waals surface area contributed by atoms with Crippen molar-refractivity contribution in [1.82, 2.24) is 0 Å². The predicted octanol–water partition coefficient (Wildman–Crippen LogP) is 2.86. The highest BCUT2D eigenvalue weighted by molar-refractivity contribution is 5.23. The zero-order chi connectivity index (χ0) is 12.3. The molecule has 0 aliphatic heterocycles. The summed E-state index contributed by atoms with van der Waals surface area (Å²) < 4.78 is 31.4. The van der Waals surface area contributed by atoms with Crippen molar-refractivity contribution in [3.05, 3.63) is 29.8 Å². The molecule has 1 aromatic carbocycles. The minimum Gasteiger partial charge on any atom is -0.493 e. The van der Waals surface area contributed by atoms with Crippen molar-refractivity contribution in [2.24, 2.45) is 11.1 Å². The number of hydrogen-bond acceptors (Lipinski definition) is 2. The number of benzene rings is 1. The van der Waals surface area contributed by atoms with Crippen LogP contribution in [0.2, 0.25) is 0 Å². The summed E-state index contributed by atoms with van der Waals surface area (Å²) in [5.41, 5.74) is 5.75. The van der Waals surface area contributed by atoms with Gasteiger partial charge in [-0.3, -0.25) is 0 Å². The normalized spacial score (nSPS) is 18.3. The summed E-state index contributed by atoms with van der Waals surface area (Å²) in [5.74, 6) is -0.997. The van der Waals surface area contributed by atoms with E-state index >= 15 is 0 Å². The van der Waals surface area contributed by atoms with Crippen LogP contribution < -0.4 is 10.5 Å². The topological polar surface area (TPSA) is 35.2 Å². The molecule has 2 N–H and O–H groups in total. The molecule has 94 valence electrons. The van der Waals surface area contributed by atoms with Crippen LogP contribution in [0.3, 0.4) is 0 Å². The van der Waals surface area contributed by atoms with E-state index in [1.54, 1.807) is 0 Å². The van der Waals surface area contributed by atoms with Crippen molar-refractivity contribution in [2.75, 3.05) is 13.2 Å². The minimum absolute atomic E-state index is 0.0111. The highest BCUT2D eigenvalue weighted by Gasteiger charge is 2.33. The fraction of sp³-hybridized carbons (Fsp3) is 0.538. The van der Waals surface area contributed by atoms with Crippen LogP contribution >= 0.6 is 0 Å². The summed E-state index contributed by atoms with van der Waals surface area (Å²) in [6, 6.07) is 3.23. The van der Waals surface area contributed by atoms with Gasteiger partial charge < -0.3 is 10.5 Å². The third-order valence-electron chi connectivity index (χ3n) is 3.48. The fourth-order valence-corrected chi connectivity index (χ4v) is 2.38. The molecular formula is C13H17F2NO. The van der Waals surface area contributed by atoms with Crippen LogP contribution in [-0.4, -0.2) is 13.2 Å². The zero-order valence-corrected chi connectivity index (χ0v) is 9.72. The SMILES string of the molecule is NCC1(COc2cc(F)cc(F)c2)CCCC1. The van der Waals surface area contributed by atoms with Gasteiger partial charge in [-0.15, -0.1) is 0 Å². The maximum Gasteiger partial charge on any atom is 0.129 e. The second-order valence-electron chi connectivity index (χ2n) is 4.81. The van der Waals surface area contributed by atoms with E-state index < -0.39 is 11.6 Å². The highest BCUT2D eigenvalue weighted by atomic mass is 19.1. The smallest absolute Gasteiger partial charge is 0.129 e. The number of hydrogen-bond donors (Lipinski definition) is 1. The van der Waals surface area contributed by atoms with Crippen LogP contribution in [0.4, 0.5) is 8.78 Å². The summed E-state index contributed by atoms with van der Waals surface area (Å²) in [7, 11) is 0. The van der Waals surface area contributed by atoms with Gasteiger partial charge in [0.05, 0.1) is 6.61 Å². The lowest BCUT2D eigenvalue weighted by molar-refractivity contribution is 0.156. The van der Waals surface area contributed by atoms with Gasteiger partial charge in [0.15, 0.2) is 0 Å². The van der Waals surface area contributed by atoms with Gasteiger partial charge in [-0.1, -0.05) is 12.8 Å². The Kier molecular flexibility index (Phi) is 3.62. The molecule has 0 heterocycles. The second kappa shape index (κ2) is 5.00. The van der Waals surface area contributed by atoms with Crippen LogP contribution in [0, 0.1) is 17.0 Å². The first-order valence-electron chi connectivity index (χ1n) is 5.93. The monoisotopic (exact) mass is 241 g/mol. The highest BCUT2D eigenvalue weighted by Crippen LogP contribution is 2.37. The molecule has 1 aliphatic carbocycles. The molecule has 2 nitrogen and oxygen atoms in total. The van der Waals surface area contributed by atoms with E-state index in [1.807, 2.05) is 0 Å². The molecule has 4 heteroatoms. The standard InChI is InChI=1S/C13H17F2NO/c14-10-5-11(15)7-12(6-10)17-9-13(8-16)3-1-2-4-13/h5-7H,1-4,8-9,16H2. The quantitative estimate of drug-likeness (QED) is 0.879. The van der Waals surface area contributed by atoms with E-state index in [2.05, 4.69) is 0 Å². The molecule has 1 aliphatic rings. The van der Waals surface area contributed by atoms with Crippen molar-refractivity contribution in [2.45, 2.75) is 25.7 Å². The van der Waals surface area contributed by atoms with Gasteiger partial charge >= 0.3 is 0 Å². The van der Waals surface area contributed by atoms with Gasteiger partial charge in [0.2, 0.25) is 0 Å². The van der Waals surface area contributed by atoms with E-state index in [-0.39, 0.29) is 11.2 Å². The predicted molar refractivity (Wildman–Crippen MR) is 61.8 cm³/mol. The molecule has 1 saturated carbocycles. The van der Waals surface area contributed by atoms with Crippen LogP contribution in [0.15, 0.2) is 18.2 Å². The van der Waals surface area contributed by atoms with Gasteiger partial charge in [-0.2, -0.15) is 0 Å². The molecule has 0 bridgehead atoms. The van der Waals surface area contributed by atoms with Crippen LogP contribution in [0.5, 0.6) is 5.75 Å². The van der Waals surface area contributed by atoms with E-state index in [0.717, 1.165) is 31.7 Å². The Balaban J connectivity index is 2.01. The Morgan fingerprint density at radius 2 is 1.71 bits per heavy atom. The van der Waals surface area contributed by atoms with E-state index in [0.29, 0.717) is 13.2 Å². The summed E-state index contributed by atoms with van der Waals surface area (Å²) in [4.78, 5) is 0. The average molecular weight is 241 g/mol. The van der Waals surface area contributed by atoms with Crippen molar-refractivity contribution in [1.29, 1.82) is 0 Å². The molecule has 0 amide bonds. The average Bonchev–Trinajstić information content (AvgIpc) is 2.74. The molecule has 0 aromatic heterocycles. The molecule has 0 saturated heterocycles. The first-order valence-corrected chi connectivity index (χ1v) is 5.93. The zero-order valence-electron chi connectivity index (χ0n) is 9.72. The first-order chi connectivity index (χ1) is 8.13. The van der Waals surface area contributed by atoms with Gasteiger partial charge in [0.1, 0.15) is 17.4 Å². The molecule has 1 fully saturated rings. The van der Waals surface area contributed by atoms with E-state index in [4.69, 9.17) is 10.5 Å². The molecule has 1 aromatic rings. The second-order valence-corrected chi connectivity index (χ2v) is 4.81. The Labute approximate surface area is 99.8 Å². The minimum atomic E-state index is -0.617. The Morgan fingerprint density at radius 1 is 1.12 bits per heavy atom. The lowest BCUT2D eigenvalue weighted by Gasteiger charge is -2.26. The maximum absolute atomic E-state index is 13.0. The first kappa shape index (κ1) is 12.3. The molecule has 0 radical (unpaired) electrons. The van der Waals surface area contributed by atoms with E-state index in [9.17, 15) is 8.78 Å². The molecule has 0 unspecified atom stereocenters. The number of ether oxygens (including phenoxy) is 1. The Hall–Kier alpha value is -1.16. The number of halogens is 2. The van der Waals surface area contributed by atoms with Crippen LogP contribution in [0.25, 0.3) is 0 Å². The third kappa shape index (κ3) is 2.94. The summed E-state index contributed by atoms with van der Waals surface area (Å²) in [6.45, 7) is 0.997. The van der Waals surface area contributed by atoms with Crippen molar-refractivity contribution in [3.63, 3.8) is 0 Å². The Morgan fingerprint density at radius 3 is 2.24 bits per heavy atom. The summed E-state index contributed by atoms with van der Waals surface area (Å²) in [5, 5.41) is 0. The largest absolute Gasteiger partial charge is 0.493 e. The molecular weight excluding hydrogens is 224 g/mol. The molecule has 0 spiro atoms. The Bertz CT molecular complexity index is 369. The van der Waals surface area contributed by atoms with Gasteiger partial charge in [-0.25, -0.2) is 8.78 Å². The third-order valence-corrected chi connectivity index (χ3v) is 3.48.